The molecule has 2 aliphatic rings. The fourth-order valence-corrected chi connectivity index (χ4v) is 5.64. The number of benzene rings is 2. The number of halogens is 1. The molecule has 3 aromatic rings. The average molecular weight is 551 g/mol. The van der Waals surface area contributed by atoms with Gasteiger partial charge in [-0.3, -0.25) is 9.69 Å². The first kappa shape index (κ1) is 27.2. The minimum Gasteiger partial charge on any atom is -0.487 e. The molecule has 0 saturated carbocycles. The fraction of sp³-hybridized carbons (Fsp3) is 0.433. The number of hydrogen-bond donors (Lipinski definition) is 0. The van der Waals surface area contributed by atoms with E-state index in [1.807, 2.05) is 11.8 Å². The van der Waals surface area contributed by atoms with E-state index in [9.17, 15) is 9.59 Å². The summed E-state index contributed by atoms with van der Waals surface area (Å²) in [4.78, 5) is 30.0. The second kappa shape index (κ2) is 12.7. The van der Waals surface area contributed by atoms with Crippen molar-refractivity contribution in [2.45, 2.75) is 51.2 Å². The van der Waals surface area contributed by atoms with Crippen LogP contribution in [0.5, 0.6) is 5.75 Å². The molecule has 9 heteroatoms. The molecule has 0 unspecified atom stereocenters. The van der Waals surface area contributed by atoms with Crippen molar-refractivity contribution in [1.29, 1.82) is 0 Å². The molecule has 0 spiro atoms. The second-order valence-electron chi connectivity index (χ2n) is 10.3. The quantitative estimate of drug-likeness (QED) is 0.340. The largest absolute Gasteiger partial charge is 0.487 e. The Morgan fingerprint density at radius 2 is 1.90 bits per heavy atom. The third-order valence-electron chi connectivity index (χ3n) is 7.60. The molecule has 2 fully saturated rings. The third kappa shape index (κ3) is 6.45. The van der Waals surface area contributed by atoms with Gasteiger partial charge in [0, 0.05) is 44.0 Å². The van der Waals surface area contributed by atoms with E-state index in [0.29, 0.717) is 53.6 Å². The van der Waals surface area contributed by atoms with Crippen LogP contribution in [0.15, 0.2) is 60.9 Å². The summed E-state index contributed by atoms with van der Waals surface area (Å²) in [7, 11) is 0. The van der Waals surface area contributed by atoms with Crippen molar-refractivity contribution in [3.8, 4) is 5.75 Å². The fourth-order valence-electron chi connectivity index (χ4n) is 5.38. The lowest BCUT2D eigenvalue weighted by atomic mass is 9.86. The van der Waals surface area contributed by atoms with Gasteiger partial charge in [-0.15, -0.1) is 0 Å². The lowest BCUT2D eigenvalue weighted by Gasteiger charge is -2.46. The number of aromatic nitrogens is 2. The van der Waals surface area contributed by atoms with Crippen LogP contribution in [0.2, 0.25) is 5.02 Å². The summed E-state index contributed by atoms with van der Waals surface area (Å²) < 4.78 is 12.2. The summed E-state index contributed by atoms with van der Waals surface area (Å²) in [6.45, 7) is 5.82. The number of amides is 1. The Bertz CT molecular complexity index is 1280. The topological polar surface area (TPSA) is 76.9 Å². The van der Waals surface area contributed by atoms with Crippen molar-refractivity contribution in [3.05, 3.63) is 82.6 Å². The van der Waals surface area contributed by atoms with Crippen molar-refractivity contribution < 1.29 is 19.1 Å². The summed E-state index contributed by atoms with van der Waals surface area (Å²) in [5.41, 5.74) is 2.53. The lowest BCUT2D eigenvalue weighted by molar-refractivity contribution is 0.0329. The van der Waals surface area contributed by atoms with Crippen LogP contribution in [0.1, 0.15) is 60.0 Å². The van der Waals surface area contributed by atoms with Crippen LogP contribution in [0.25, 0.3) is 0 Å². The maximum atomic E-state index is 13.5. The third-order valence-corrected chi connectivity index (χ3v) is 7.99. The Kier molecular flexibility index (Phi) is 8.84. The molecule has 5 rings (SSSR count). The van der Waals surface area contributed by atoms with Gasteiger partial charge in [-0.05, 0) is 42.9 Å². The molecule has 0 radical (unpaired) electrons. The Hall–Kier alpha value is -3.36. The summed E-state index contributed by atoms with van der Waals surface area (Å²) in [5.74, 6) is 0.896. The molecule has 2 saturated heterocycles. The van der Waals surface area contributed by atoms with Crippen LogP contribution in [-0.2, 0) is 11.3 Å². The standard InChI is InChI=1S/C30H35ClN4O4/c1-2-3-16-38-30(37)35-18-22(17-32-35)21-39-27-11-7-10-26(28(27)31)29(36)34-15-14-33-19-24(12-13-25(33)20-34)23-8-5-4-6-9-23/h4-11,17-18,24-25H,2-3,12-16,19-21H2,1H3/t24-,25+/m0/s1. The molecule has 8 nitrogen and oxygen atoms in total. The van der Waals surface area contributed by atoms with Crippen LogP contribution in [0.4, 0.5) is 4.79 Å². The summed E-state index contributed by atoms with van der Waals surface area (Å²) in [5, 5.41) is 4.35. The predicted molar refractivity (Wildman–Crippen MR) is 149 cm³/mol. The first-order valence-electron chi connectivity index (χ1n) is 13.7. The zero-order valence-electron chi connectivity index (χ0n) is 22.3. The Morgan fingerprint density at radius 3 is 2.72 bits per heavy atom. The monoisotopic (exact) mass is 550 g/mol. The normalized spacial score (nSPS) is 19.4. The van der Waals surface area contributed by atoms with Gasteiger partial charge in [0.15, 0.2) is 0 Å². The van der Waals surface area contributed by atoms with Gasteiger partial charge < -0.3 is 14.4 Å². The highest BCUT2D eigenvalue weighted by atomic mass is 35.5. The van der Waals surface area contributed by atoms with Crippen LogP contribution in [-0.4, -0.2) is 70.4 Å². The number of fused-ring (bicyclic) bond motifs is 1. The van der Waals surface area contributed by atoms with E-state index in [1.54, 1.807) is 30.6 Å². The van der Waals surface area contributed by atoms with Crippen molar-refractivity contribution in [2.75, 3.05) is 32.8 Å². The van der Waals surface area contributed by atoms with E-state index in [-0.39, 0.29) is 12.5 Å². The van der Waals surface area contributed by atoms with Crippen molar-refractivity contribution in [3.63, 3.8) is 0 Å². The molecule has 2 aliphatic heterocycles. The molecule has 3 heterocycles. The number of piperidine rings is 1. The molecule has 1 aromatic heterocycles. The molecule has 0 aliphatic carbocycles. The molecular weight excluding hydrogens is 516 g/mol. The lowest BCUT2D eigenvalue weighted by Crippen LogP contribution is -2.57. The van der Waals surface area contributed by atoms with Gasteiger partial charge in [-0.25, -0.2) is 4.79 Å². The number of hydrogen-bond acceptors (Lipinski definition) is 6. The molecular formula is C30H35ClN4O4. The van der Waals surface area contributed by atoms with E-state index in [1.165, 1.54) is 5.56 Å². The summed E-state index contributed by atoms with van der Waals surface area (Å²) in [6, 6.07) is 16.4. The smallest absolute Gasteiger partial charge is 0.434 e. The number of carbonyl (C=O) groups excluding carboxylic acids is 2. The first-order chi connectivity index (χ1) is 19.0. The van der Waals surface area contributed by atoms with E-state index in [0.717, 1.165) is 43.5 Å². The van der Waals surface area contributed by atoms with Gasteiger partial charge in [-0.1, -0.05) is 61.3 Å². The second-order valence-corrected chi connectivity index (χ2v) is 10.6. The number of unbranched alkanes of at least 4 members (excludes halogenated alkanes) is 1. The van der Waals surface area contributed by atoms with E-state index >= 15 is 0 Å². The Labute approximate surface area is 234 Å². The number of nitrogens with zero attached hydrogens (tertiary/aromatic N) is 4. The number of ether oxygens (including phenoxy) is 2. The summed E-state index contributed by atoms with van der Waals surface area (Å²) in [6.07, 6.45) is 6.55. The highest BCUT2D eigenvalue weighted by Crippen LogP contribution is 2.34. The van der Waals surface area contributed by atoms with E-state index in [4.69, 9.17) is 21.1 Å². The maximum Gasteiger partial charge on any atom is 0.434 e. The van der Waals surface area contributed by atoms with Crippen molar-refractivity contribution in [2.24, 2.45) is 0 Å². The van der Waals surface area contributed by atoms with Crippen LogP contribution >= 0.6 is 11.6 Å². The molecule has 1 amide bonds. The maximum absolute atomic E-state index is 13.5. The average Bonchev–Trinajstić information content (AvgIpc) is 3.45. The van der Waals surface area contributed by atoms with Gasteiger partial charge in [0.2, 0.25) is 0 Å². The zero-order valence-corrected chi connectivity index (χ0v) is 23.1. The predicted octanol–water partition coefficient (Wildman–Crippen LogP) is 5.60. The summed E-state index contributed by atoms with van der Waals surface area (Å²) >= 11 is 6.66. The van der Waals surface area contributed by atoms with E-state index in [2.05, 4.69) is 40.3 Å². The Morgan fingerprint density at radius 1 is 1.05 bits per heavy atom. The van der Waals surface area contributed by atoms with Crippen molar-refractivity contribution >= 4 is 23.6 Å². The minimum absolute atomic E-state index is 0.0714. The van der Waals surface area contributed by atoms with E-state index < -0.39 is 6.09 Å². The zero-order chi connectivity index (χ0) is 27.2. The van der Waals surface area contributed by atoms with Gasteiger partial charge in [-0.2, -0.15) is 9.78 Å². The van der Waals surface area contributed by atoms with Gasteiger partial charge in [0.1, 0.15) is 12.4 Å². The molecule has 206 valence electrons. The van der Waals surface area contributed by atoms with Crippen LogP contribution in [0.3, 0.4) is 0 Å². The first-order valence-corrected chi connectivity index (χ1v) is 14.1. The van der Waals surface area contributed by atoms with Crippen molar-refractivity contribution in [1.82, 2.24) is 19.6 Å². The Balaban J connectivity index is 1.17. The number of carbonyl (C=O) groups is 2. The molecule has 0 N–H and O–H groups in total. The van der Waals surface area contributed by atoms with Gasteiger partial charge >= 0.3 is 6.09 Å². The number of piperazine rings is 1. The SMILES string of the molecule is CCCCOC(=O)n1cc(COc2cccc(C(=O)N3CCN4C[C@@H](c5ccccc5)CC[C@@H]4C3)c2Cl)cn1. The highest BCUT2D eigenvalue weighted by molar-refractivity contribution is 6.35. The highest BCUT2D eigenvalue weighted by Gasteiger charge is 2.35. The number of rotatable bonds is 8. The molecule has 2 atom stereocenters. The minimum atomic E-state index is -0.519. The van der Waals surface area contributed by atoms with Gasteiger partial charge in [0.25, 0.3) is 5.91 Å². The molecule has 0 bridgehead atoms. The van der Waals surface area contributed by atoms with Crippen LogP contribution in [0, 0.1) is 0 Å². The van der Waals surface area contributed by atoms with Gasteiger partial charge in [0.05, 0.1) is 23.4 Å². The molecule has 2 aromatic carbocycles. The molecule has 39 heavy (non-hydrogen) atoms. The van der Waals surface area contributed by atoms with Crippen LogP contribution < -0.4 is 4.74 Å².